The van der Waals surface area contributed by atoms with Gasteiger partial charge in [-0.05, 0) is 44.2 Å². The van der Waals surface area contributed by atoms with Crippen LogP contribution >= 0.6 is 0 Å². The molecule has 0 N–H and O–H groups in total. The Balaban J connectivity index is 1.78. The molecule has 26 heavy (non-hydrogen) atoms. The molecule has 2 aromatic rings. The zero-order valence-electron chi connectivity index (χ0n) is 16.1. The predicted molar refractivity (Wildman–Crippen MR) is 106 cm³/mol. The van der Waals surface area contributed by atoms with Crippen LogP contribution in [0.2, 0.25) is 0 Å². The van der Waals surface area contributed by atoms with Gasteiger partial charge in [0.1, 0.15) is 0 Å². The first kappa shape index (κ1) is 18.4. The molecule has 2 heterocycles. The van der Waals surface area contributed by atoms with E-state index in [2.05, 4.69) is 42.8 Å². The molecule has 0 radical (unpaired) electrons. The van der Waals surface area contributed by atoms with Crippen LogP contribution in [-0.4, -0.2) is 34.9 Å². The third kappa shape index (κ3) is 4.43. The Morgan fingerprint density at radius 1 is 1.19 bits per heavy atom. The van der Waals surface area contributed by atoms with Gasteiger partial charge in [0.05, 0.1) is 17.4 Å². The minimum atomic E-state index is 0.0450. The maximum absolute atomic E-state index is 13.1. The van der Waals surface area contributed by atoms with E-state index >= 15 is 0 Å². The number of piperidine rings is 1. The summed E-state index contributed by atoms with van der Waals surface area (Å²) in [4.78, 5) is 21.8. The summed E-state index contributed by atoms with van der Waals surface area (Å²) >= 11 is 0. The zero-order chi connectivity index (χ0) is 18.5. The average molecular weight is 351 g/mol. The molecule has 1 saturated heterocycles. The lowest BCUT2D eigenvalue weighted by Crippen LogP contribution is -2.37. The van der Waals surface area contributed by atoms with Crippen molar-refractivity contribution in [2.45, 2.75) is 46.2 Å². The molecule has 1 aliphatic rings. The van der Waals surface area contributed by atoms with Gasteiger partial charge in [-0.1, -0.05) is 37.3 Å². The molecule has 4 heteroatoms. The molecule has 1 aliphatic heterocycles. The fourth-order valence-electron chi connectivity index (χ4n) is 3.42. The predicted octanol–water partition coefficient (Wildman–Crippen LogP) is 4.37. The molecule has 138 valence electrons. The molecule has 0 atom stereocenters. The van der Waals surface area contributed by atoms with E-state index in [0.29, 0.717) is 12.1 Å². The van der Waals surface area contributed by atoms with Crippen molar-refractivity contribution in [1.29, 1.82) is 0 Å². The zero-order valence-corrected chi connectivity index (χ0v) is 16.1. The first-order chi connectivity index (χ1) is 12.5. The Hall–Kier alpha value is -2.36. The van der Waals surface area contributed by atoms with Gasteiger partial charge in [-0.15, -0.1) is 0 Å². The maximum Gasteiger partial charge on any atom is 0.256 e. The summed E-state index contributed by atoms with van der Waals surface area (Å²) < 4.78 is 0. The van der Waals surface area contributed by atoms with Gasteiger partial charge in [0.15, 0.2) is 0 Å². The second-order valence-corrected chi connectivity index (χ2v) is 7.61. The molecule has 1 fully saturated rings. The van der Waals surface area contributed by atoms with Crippen molar-refractivity contribution in [2.75, 3.05) is 18.0 Å². The highest BCUT2D eigenvalue weighted by atomic mass is 16.2. The largest absolute Gasteiger partial charge is 0.370 e. The van der Waals surface area contributed by atoms with Gasteiger partial charge in [-0.3, -0.25) is 9.78 Å². The van der Waals surface area contributed by atoms with E-state index in [1.54, 1.807) is 6.20 Å². The summed E-state index contributed by atoms with van der Waals surface area (Å²) in [5.41, 5.74) is 2.88. The third-order valence-corrected chi connectivity index (χ3v) is 5.20. The number of carbonyl (C=O) groups is 1. The van der Waals surface area contributed by atoms with E-state index in [-0.39, 0.29) is 11.9 Å². The van der Waals surface area contributed by atoms with Crippen LogP contribution in [0.15, 0.2) is 48.8 Å². The number of aromatic nitrogens is 1. The fourth-order valence-corrected chi connectivity index (χ4v) is 3.42. The first-order valence-corrected chi connectivity index (χ1v) is 9.59. The van der Waals surface area contributed by atoms with E-state index in [1.807, 2.05) is 35.4 Å². The average Bonchev–Trinajstić information content (AvgIpc) is 2.67. The van der Waals surface area contributed by atoms with Crippen LogP contribution in [0.5, 0.6) is 0 Å². The number of amides is 1. The number of rotatable bonds is 5. The lowest BCUT2D eigenvalue weighted by atomic mass is 9.99. The molecule has 1 amide bonds. The molecule has 0 saturated carbocycles. The molecular weight excluding hydrogens is 322 g/mol. The van der Waals surface area contributed by atoms with Gasteiger partial charge < -0.3 is 9.80 Å². The van der Waals surface area contributed by atoms with Crippen molar-refractivity contribution < 1.29 is 4.79 Å². The highest BCUT2D eigenvalue weighted by Gasteiger charge is 2.22. The normalized spacial score (nSPS) is 15.3. The summed E-state index contributed by atoms with van der Waals surface area (Å²) in [6.07, 6.45) is 5.97. The first-order valence-electron chi connectivity index (χ1n) is 9.59. The fraction of sp³-hybridized carbons (Fsp3) is 0.455. The highest BCUT2D eigenvalue weighted by molar-refractivity contribution is 5.95. The van der Waals surface area contributed by atoms with E-state index < -0.39 is 0 Å². The van der Waals surface area contributed by atoms with Crippen molar-refractivity contribution in [3.05, 3.63) is 59.9 Å². The van der Waals surface area contributed by atoms with Crippen molar-refractivity contribution in [2.24, 2.45) is 5.92 Å². The number of nitrogens with zero attached hydrogens (tertiary/aromatic N) is 3. The molecule has 4 nitrogen and oxygen atoms in total. The summed E-state index contributed by atoms with van der Waals surface area (Å²) in [7, 11) is 0. The lowest BCUT2D eigenvalue weighted by Gasteiger charge is -2.32. The van der Waals surface area contributed by atoms with E-state index in [1.165, 1.54) is 12.8 Å². The van der Waals surface area contributed by atoms with Crippen LogP contribution in [-0.2, 0) is 6.54 Å². The van der Waals surface area contributed by atoms with Crippen molar-refractivity contribution in [3.8, 4) is 0 Å². The van der Waals surface area contributed by atoms with Crippen LogP contribution in [0.4, 0.5) is 5.69 Å². The van der Waals surface area contributed by atoms with Crippen LogP contribution in [0.3, 0.4) is 0 Å². The van der Waals surface area contributed by atoms with E-state index in [4.69, 9.17) is 0 Å². The molecular formula is C22H29N3O. The van der Waals surface area contributed by atoms with Gasteiger partial charge >= 0.3 is 0 Å². The molecule has 0 unspecified atom stereocenters. The number of carbonyl (C=O) groups excluding carboxylic acids is 1. The standard InChI is InChI=1S/C22H29N3O/c1-17(2)25(16-19-7-5-4-6-8-19)22(26)20-13-21(15-23-14-20)24-11-9-18(3)10-12-24/h4-8,13-15,17-18H,9-12,16H2,1-3H3. The topological polar surface area (TPSA) is 36.4 Å². The SMILES string of the molecule is CC1CCN(c2cncc(C(=O)N(Cc3ccccc3)C(C)C)c2)CC1. The Morgan fingerprint density at radius 2 is 1.88 bits per heavy atom. The Kier molecular flexibility index (Phi) is 5.92. The minimum absolute atomic E-state index is 0.0450. The summed E-state index contributed by atoms with van der Waals surface area (Å²) in [6, 6.07) is 12.3. The van der Waals surface area contributed by atoms with Gasteiger partial charge in [0, 0.05) is 31.9 Å². The highest BCUT2D eigenvalue weighted by Crippen LogP contribution is 2.24. The van der Waals surface area contributed by atoms with Crippen molar-refractivity contribution >= 4 is 11.6 Å². The maximum atomic E-state index is 13.1. The minimum Gasteiger partial charge on any atom is -0.370 e. The smallest absolute Gasteiger partial charge is 0.256 e. The van der Waals surface area contributed by atoms with Gasteiger partial charge in [0.2, 0.25) is 0 Å². The Morgan fingerprint density at radius 3 is 2.54 bits per heavy atom. The Bertz CT molecular complexity index is 721. The van der Waals surface area contributed by atoms with Crippen molar-refractivity contribution in [1.82, 2.24) is 9.88 Å². The number of benzene rings is 1. The quantitative estimate of drug-likeness (QED) is 0.803. The summed E-state index contributed by atoms with van der Waals surface area (Å²) in [6.45, 7) is 9.12. The Labute approximate surface area is 156 Å². The molecule has 1 aromatic heterocycles. The second-order valence-electron chi connectivity index (χ2n) is 7.61. The summed E-state index contributed by atoms with van der Waals surface area (Å²) in [5, 5.41) is 0. The number of anilines is 1. The van der Waals surface area contributed by atoms with Crippen LogP contribution < -0.4 is 4.90 Å². The van der Waals surface area contributed by atoms with Crippen molar-refractivity contribution in [3.63, 3.8) is 0 Å². The monoisotopic (exact) mass is 351 g/mol. The van der Waals surface area contributed by atoms with Gasteiger partial charge in [0.25, 0.3) is 5.91 Å². The lowest BCUT2D eigenvalue weighted by molar-refractivity contribution is 0.0690. The number of hydrogen-bond acceptors (Lipinski definition) is 3. The molecule has 0 aliphatic carbocycles. The van der Waals surface area contributed by atoms with E-state index in [9.17, 15) is 4.79 Å². The summed E-state index contributed by atoms with van der Waals surface area (Å²) in [5.74, 6) is 0.829. The second kappa shape index (κ2) is 8.35. The number of pyridine rings is 1. The molecule has 0 bridgehead atoms. The van der Waals surface area contributed by atoms with Gasteiger partial charge in [-0.2, -0.15) is 0 Å². The van der Waals surface area contributed by atoms with E-state index in [0.717, 1.165) is 30.3 Å². The van der Waals surface area contributed by atoms with Crippen LogP contribution in [0.1, 0.15) is 49.5 Å². The molecule has 1 aromatic carbocycles. The van der Waals surface area contributed by atoms with Crippen LogP contribution in [0.25, 0.3) is 0 Å². The molecule has 0 spiro atoms. The molecule has 3 rings (SSSR count). The van der Waals surface area contributed by atoms with Gasteiger partial charge in [-0.25, -0.2) is 0 Å². The third-order valence-electron chi connectivity index (χ3n) is 5.20. The van der Waals surface area contributed by atoms with Crippen LogP contribution in [0, 0.1) is 5.92 Å². The number of hydrogen-bond donors (Lipinski definition) is 0.